The standard InChI is InChI=1S/C15H21N5/c1-12(16-9-8-13-4-2-5-13)14-6-3-7-15(10-14)20-11-17-18-19-20/h3,6-7,10-13,16H,2,4-5,8-9H2,1H3. The summed E-state index contributed by atoms with van der Waals surface area (Å²) in [7, 11) is 0. The van der Waals surface area contributed by atoms with Crippen molar-refractivity contribution >= 4 is 0 Å². The van der Waals surface area contributed by atoms with Crippen LogP contribution in [0.4, 0.5) is 0 Å². The largest absolute Gasteiger partial charge is 0.310 e. The van der Waals surface area contributed by atoms with E-state index in [9.17, 15) is 0 Å². The molecule has 1 N–H and O–H groups in total. The highest BCUT2D eigenvalue weighted by Gasteiger charge is 2.17. The molecular formula is C15H21N5. The van der Waals surface area contributed by atoms with Crippen LogP contribution >= 0.6 is 0 Å². The molecule has 1 fully saturated rings. The minimum absolute atomic E-state index is 0.353. The van der Waals surface area contributed by atoms with Gasteiger partial charge in [0.15, 0.2) is 0 Å². The highest BCUT2D eigenvalue weighted by Crippen LogP contribution is 2.29. The van der Waals surface area contributed by atoms with E-state index in [2.05, 4.69) is 46.0 Å². The molecule has 1 atom stereocenters. The van der Waals surface area contributed by atoms with Crippen LogP contribution in [0.25, 0.3) is 5.69 Å². The van der Waals surface area contributed by atoms with Crippen molar-refractivity contribution in [3.05, 3.63) is 36.2 Å². The molecule has 2 aromatic rings. The minimum Gasteiger partial charge on any atom is -0.310 e. The summed E-state index contributed by atoms with van der Waals surface area (Å²) in [4.78, 5) is 0. The zero-order valence-corrected chi connectivity index (χ0v) is 11.9. The highest BCUT2D eigenvalue weighted by atomic mass is 15.5. The monoisotopic (exact) mass is 271 g/mol. The summed E-state index contributed by atoms with van der Waals surface area (Å²) >= 11 is 0. The lowest BCUT2D eigenvalue weighted by Crippen LogP contribution is -2.24. The maximum Gasteiger partial charge on any atom is 0.143 e. The molecule has 1 aliphatic rings. The van der Waals surface area contributed by atoms with Gasteiger partial charge in [0.25, 0.3) is 0 Å². The van der Waals surface area contributed by atoms with Crippen molar-refractivity contribution in [1.29, 1.82) is 0 Å². The molecule has 1 aromatic carbocycles. The Balaban J connectivity index is 1.59. The molecule has 0 radical (unpaired) electrons. The fourth-order valence-electron chi connectivity index (χ4n) is 2.62. The Morgan fingerprint density at radius 1 is 1.40 bits per heavy atom. The third-order valence-corrected chi connectivity index (χ3v) is 4.21. The Kier molecular flexibility index (Phi) is 4.06. The maximum atomic E-state index is 3.93. The molecule has 20 heavy (non-hydrogen) atoms. The van der Waals surface area contributed by atoms with Crippen molar-refractivity contribution in [3.63, 3.8) is 0 Å². The molecule has 1 unspecified atom stereocenters. The van der Waals surface area contributed by atoms with Crippen molar-refractivity contribution < 1.29 is 0 Å². The molecular weight excluding hydrogens is 250 g/mol. The van der Waals surface area contributed by atoms with Gasteiger partial charge >= 0.3 is 0 Å². The van der Waals surface area contributed by atoms with Gasteiger partial charge in [0, 0.05) is 6.04 Å². The zero-order chi connectivity index (χ0) is 13.8. The van der Waals surface area contributed by atoms with Crippen molar-refractivity contribution in [2.45, 2.75) is 38.6 Å². The number of tetrazole rings is 1. The molecule has 0 spiro atoms. The normalized spacial score (nSPS) is 16.9. The number of benzene rings is 1. The van der Waals surface area contributed by atoms with E-state index >= 15 is 0 Å². The van der Waals surface area contributed by atoms with Crippen LogP contribution in [0.1, 0.15) is 44.2 Å². The maximum absolute atomic E-state index is 3.93. The summed E-state index contributed by atoms with van der Waals surface area (Å²) in [6.07, 6.45) is 7.19. The molecule has 0 bridgehead atoms. The van der Waals surface area contributed by atoms with Crippen molar-refractivity contribution in [1.82, 2.24) is 25.5 Å². The predicted octanol–water partition coefficient (Wildman–Crippen LogP) is 2.50. The summed E-state index contributed by atoms with van der Waals surface area (Å²) in [6, 6.07) is 8.70. The van der Waals surface area contributed by atoms with Crippen LogP contribution in [0.15, 0.2) is 30.6 Å². The Morgan fingerprint density at radius 2 is 2.30 bits per heavy atom. The second kappa shape index (κ2) is 6.13. The van der Waals surface area contributed by atoms with Crippen molar-refractivity contribution in [2.24, 2.45) is 5.92 Å². The average molecular weight is 271 g/mol. The number of nitrogens with one attached hydrogen (secondary N) is 1. The third-order valence-electron chi connectivity index (χ3n) is 4.21. The predicted molar refractivity (Wildman–Crippen MR) is 77.5 cm³/mol. The summed E-state index contributed by atoms with van der Waals surface area (Å²) in [5.41, 5.74) is 2.27. The SMILES string of the molecule is CC(NCCC1CCC1)c1cccc(-n2cnnn2)c1. The fraction of sp³-hybridized carbons (Fsp3) is 0.533. The van der Waals surface area contributed by atoms with Crippen LogP contribution in [0, 0.1) is 5.92 Å². The molecule has 3 rings (SSSR count). The molecule has 1 aliphatic carbocycles. The van der Waals surface area contributed by atoms with Gasteiger partial charge in [0.05, 0.1) is 5.69 Å². The van der Waals surface area contributed by atoms with Crippen LogP contribution in [-0.4, -0.2) is 26.8 Å². The van der Waals surface area contributed by atoms with E-state index in [1.165, 1.54) is 31.2 Å². The topological polar surface area (TPSA) is 55.6 Å². The van der Waals surface area contributed by atoms with E-state index in [1.807, 2.05) is 6.07 Å². The van der Waals surface area contributed by atoms with Gasteiger partial charge in [-0.1, -0.05) is 31.4 Å². The Morgan fingerprint density at radius 3 is 3.00 bits per heavy atom. The smallest absolute Gasteiger partial charge is 0.143 e. The van der Waals surface area contributed by atoms with E-state index in [1.54, 1.807) is 11.0 Å². The van der Waals surface area contributed by atoms with E-state index in [-0.39, 0.29) is 0 Å². The first kappa shape index (κ1) is 13.2. The molecule has 5 heteroatoms. The van der Waals surface area contributed by atoms with Gasteiger partial charge in [0.1, 0.15) is 6.33 Å². The third kappa shape index (κ3) is 3.04. The van der Waals surface area contributed by atoms with Crippen LogP contribution in [0.3, 0.4) is 0 Å². The van der Waals surface area contributed by atoms with Gasteiger partial charge in [-0.05, 0) is 53.9 Å². The highest BCUT2D eigenvalue weighted by molar-refractivity contribution is 5.35. The first-order valence-electron chi connectivity index (χ1n) is 7.39. The summed E-state index contributed by atoms with van der Waals surface area (Å²) in [5.74, 6) is 0.960. The Labute approximate surface area is 119 Å². The Hall–Kier alpha value is -1.75. The first-order valence-corrected chi connectivity index (χ1v) is 7.39. The average Bonchev–Trinajstić information content (AvgIpc) is 2.95. The van der Waals surface area contributed by atoms with E-state index < -0.39 is 0 Å². The number of rotatable bonds is 6. The fourth-order valence-corrected chi connectivity index (χ4v) is 2.62. The number of hydrogen-bond donors (Lipinski definition) is 1. The Bertz CT molecular complexity index is 533. The summed E-state index contributed by atoms with van der Waals surface area (Å²) in [6.45, 7) is 3.31. The van der Waals surface area contributed by atoms with Crippen LogP contribution in [0.5, 0.6) is 0 Å². The number of aromatic nitrogens is 4. The summed E-state index contributed by atoms with van der Waals surface area (Å²) in [5, 5.41) is 14.9. The van der Waals surface area contributed by atoms with Crippen LogP contribution in [-0.2, 0) is 0 Å². The van der Waals surface area contributed by atoms with Gasteiger partial charge < -0.3 is 5.32 Å². The number of nitrogens with zero attached hydrogens (tertiary/aromatic N) is 4. The van der Waals surface area contributed by atoms with Gasteiger partial charge in [-0.3, -0.25) is 0 Å². The minimum atomic E-state index is 0.353. The van der Waals surface area contributed by atoms with Gasteiger partial charge in [-0.25, -0.2) is 4.68 Å². The molecule has 1 heterocycles. The molecule has 1 saturated carbocycles. The van der Waals surface area contributed by atoms with E-state index in [0.29, 0.717) is 6.04 Å². The zero-order valence-electron chi connectivity index (χ0n) is 11.9. The molecule has 0 aliphatic heterocycles. The van der Waals surface area contributed by atoms with Gasteiger partial charge in [0.2, 0.25) is 0 Å². The lowest BCUT2D eigenvalue weighted by molar-refractivity contribution is 0.288. The molecule has 1 aromatic heterocycles. The van der Waals surface area contributed by atoms with E-state index in [4.69, 9.17) is 0 Å². The summed E-state index contributed by atoms with van der Waals surface area (Å²) < 4.78 is 1.69. The van der Waals surface area contributed by atoms with Crippen molar-refractivity contribution in [3.8, 4) is 5.69 Å². The first-order chi connectivity index (χ1) is 9.83. The second-order valence-electron chi connectivity index (χ2n) is 5.61. The molecule has 0 amide bonds. The van der Waals surface area contributed by atoms with Crippen LogP contribution in [0.2, 0.25) is 0 Å². The van der Waals surface area contributed by atoms with E-state index in [0.717, 1.165) is 18.2 Å². The molecule has 0 saturated heterocycles. The molecule has 106 valence electrons. The van der Waals surface area contributed by atoms with Gasteiger partial charge in [-0.2, -0.15) is 0 Å². The quantitative estimate of drug-likeness (QED) is 0.877. The number of hydrogen-bond acceptors (Lipinski definition) is 4. The lowest BCUT2D eigenvalue weighted by atomic mass is 9.83. The van der Waals surface area contributed by atoms with Crippen molar-refractivity contribution in [2.75, 3.05) is 6.54 Å². The van der Waals surface area contributed by atoms with Crippen LogP contribution < -0.4 is 5.32 Å². The molecule has 5 nitrogen and oxygen atoms in total. The van der Waals surface area contributed by atoms with Gasteiger partial charge in [-0.15, -0.1) is 5.10 Å². The second-order valence-corrected chi connectivity index (χ2v) is 5.61. The lowest BCUT2D eigenvalue weighted by Gasteiger charge is -2.26.